The molecule has 0 unspecified atom stereocenters. The van der Waals surface area contributed by atoms with Crippen molar-refractivity contribution in [1.29, 1.82) is 0 Å². The normalized spacial score (nSPS) is 10.5. The average molecular weight is 230 g/mol. The molecule has 3 N–H and O–H groups in total. The Hall–Kier alpha value is -1.85. The number of aromatic carboxylic acids is 1. The number of halogens is 2. The van der Waals surface area contributed by atoms with Crippen molar-refractivity contribution in [3.8, 4) is 0 Å². The van der Waals surface area contributed by atoms with Gasteiger partial charge in [-0.2, -0.15) is 0 Å². The number of anilines is 2. The van der Waals surface area contributed by atoms with Crippen molar-refractivity contribution in [3.05, 3.63) is 23.8 Å². The fraction of sp³-hybridized carbons (Fsp3) is 0.300. The maximum absolute atomic E-state index is 12.2. The predicted octanol–water partition coefficient (Wildman–Crippen LogP) is 1.67. The Morgan fingerprint density at radius 3 is 2.69 bits per heavy atom. The number of carbonyl (C=O) groups is 1. The Morgan fingerprint density at radius 1 is 1.56 bits per heavy atom. The predicted molar refractivity (Wildman–Crippen MR) is 57.1 cm³/mol. The molecule has 0 aliphatic carbocycles. The van der Waals surface area contributed by atoms with Crippen molar-refractivity contribution in [2.24, 2.45) is 0 Å². The van der Waals surface area contributed by atoms with Crippen LogP contribution in [0.1, 0.15) is 10.4 Å². The van der Waals surface area contributed by atoms with Crippen LogP contribution < -0.4 is 10.6 Å². The minimum Gasteiger partial charge on any atom is -0.478 e. The van der Waals surface area contributed by atoms with Crippen LogP contribution in [-0.2, 0) is 0 Å². The lowest BCUT2D eigenvalue weighted by Gasteiger charge is -2.21. The quantitative estimate of drug-likeness (QED) is 0.772. The van der Waals surface area contributed by atoms with Gasteiger partial charge in [0.2, 0.25) is 0 Å². The standard InChI is InChI=1S/C10H12F2N2O2/c1-14(5-8(11)12)7-4-2-3-6(9(7)13)10(15)16/h2-4,8H,5,13H2,1H3,(H,15,16). The van der Waals surface area contributed by atoms with E-state index in [1.807, 2.05) is 0 Å². The minimum absolute atomic E-state index is 0.00171. The van der Waals surface area contributed by atoms with Gasteiger partial charge in [-0.05, 0) is 12.1 Å². The van der Waals surface area contributed by atoms with Crippen molar-refractivity contribution in [1.82, 2.24) is 0 Å². The molecule has 0 aromatic heterocycles. The molecule has 0 saturated heterocycles. The van der Waals surface area contributed by atoms with Gasteiger partial charge >= 0.3 is 5.97 Å². The molecule has 88 valence electrons. The third-order valence-electron chi connectivity index (χ3n) is 2.14. The van der Waals surface area contributed by atoms with Gasteiger partial charge in [-0.3, -0.25) is 0 Å². The Bertz CT molecular complexity index is 396. The summed E-state index contributed by atoms with van der Waals surface area (Å²) in [6.07, 6.45) is -2.50. The summed E-state index contributed by atoms with van der Waals surface area (Å²) >= 11 is 0. The molecule has 0 radical (unpaired) electrons. The van der Waals surface area contributed by atoms with Gasteiger partial charge in [-0.1, -0.05) is 6.07 Å². The number of nitrogens with zero attached hydrogens (tertiary/aromatic N) is 1. The van der Waals surface area contributed by atoms with E-state index < -0.39 is 18.9 Å². The monoisotopic (exact) mass is 230 g/mol. The lowest BCUT2D eigenvalue weighted by atomic mass is 10.1. The first-order valence-electron chi connectivity index (χ1n) is 4.54. The molecule has 0 aliphatic rings. The molecule has 6 heteroatoms. The molecule has 4 nitrogen and oxygen atoms in total. The summed E-state index contributed by atoms with van der Waals surface area (Å²) in [4.78, 5) is 12.0. The molecule has 1 rings (SSSR count). The number of para-hydroxylation sites is 1. The zero-order chi connectivity index (χ0) is 12.3. The molecule has 0 saturated carbocycles. The second kappa shape index (κ2) is 4.78. The van der Waals surface area contributed by atoms with E-state index in [0.717, 1.165) is 0 Å². The first kappa shape index (κ1) is 12.2. The zero-order valence-electron chi connectivity index (χ0n) is 8.65. The van der Waals surface area contributed by atoms with E-state index in [-0.39, 0.29) is 11.3 Å². The Kier molecular flexibility index (Phi) is 3.65. The van der Waals surface area contributed by atoms with E-state index in [1.165, 1.54) is 30.1 Å². The van der Waals surface area contributed by atoms with E-state index in [9.17, 15) is 13.6 Å². The third-order valence-corrected chi connectivity index (χ3v) is 2.14. The molecule has 0 spiro atoms. The van der Waals surface area contributed by atoms with Crippen molar-refractivity contribution in [2.45, 2.75) is 6.43 Å². The van der Waals surface area contributed by atoms with Crippen LogP contribution in [-0.4, -0.2) is 31.1 Å². The van der Waals surface area contributed by atoms with Gasteiger partial charge < -0.3 is 15.7 Å². The van der Waals surface area contributed by atoms with E-state index in [1.54, 1.807) is 0 Å². The van der Waals surface area contributed by atoms with Crippen LogP contribution in [0.3, 0.4) is 0 Å². The molecule has 1 aromatic carbocycles. The largest absolute Gasteiger partial charge is 0.478 e. The summed E-state index contributed by atoms with van der Waals surface area (Å²) in [6.45, 7) is -0.493. The van der Waals surface area contributed by atoms with E-state index >= 15 is 0 Å². The molecule has 0 heterocycles. The topological polar surface area (TPSA) is 66.6 Å². The number of carboxylic acid groups (broad SMARTS) is 1. The maximum Gasteiger partial charge on any atom is 0.337 e. The fourth-order valence-electron chi connectivity index (χ4n) is 1.38. The third kappa shape index (κ3) is 2.59. The van der Waals surface area contributed by atoms with Gasteiger partial charge in [0.1, 0.15) is 0 Å². The lowest BCUT2D eigenvalue weighted by Crippen LogP contribution is -2.25. The van der Waals surface area contributed by atoms with Crippen LogP contribution in [0.15, 0.2) is 18.2 Å². The van der Waals surface area contributed by atoms with Gasteiger partial charge in [0.05, 0.1) is 23.5 Å². The average Bonchev–Trinajstić information content (AvgIpc) is 2.16. The summed E-state index contributed by atoms with van der Waals surface area (Å²) in [5.74, 6) is -1.18. The van der Waals surface area contributed by atoms with E-state index in [0.29, 0.717) is 5.69 Å². The van der Waals surface area contributed by atoms with Crippen molar-refractivity contribution in [3.63, 3.8) is 0 Å². The number of rotatable bonds is 4. The number of hydrogen-bond acceptors (Lipinski definition) is 3. The first-order valence-corrected chi connectivity index (χ1v) is 4.54. The van der Waals surface area contributed by atoms with Crippen molar-refractivity contribution in [2.75, 3.05) is 24.2 Å². The summed E-state index contributed by atoms with van der Waals surface area (Å²) in [5, 5.41) is 8.81. The Morgan fingerprint density at radius 2 is 2.19 bits per heavy atom. The maximum atomic E-state index is 12.2. The number of benzene rings is 1. The van der Waals surface area contributed by atoms with Crippen LogP contribution in [0, 0.1) is 0 Å². The van der Waals surface area contributed by atoms with Gasteiger partial charge in [0.25, 0.3) is 6.43 Å². The minimum atomic E-state index is -2.50. The highest BCUT2D eigenvalue weighted by atomic mass is 19.3. The molecule has 1 aromatic rings. The Balaban J connectivity index is 3.05. The zero-order valence-corrected chi connectivity index (χ0v) is 8.65. The number of hydrogen-bond donors (Lipinski definition) is 2. The van der Waals surface area contributed by atoms with E-state index in [4.69, 9.17) is 10.8 Å². The lowest BCUT2D eigenvalue weighted by molar-refractivity contribution is 0.0698. The number of alkyl halides is 2. The highest BCUT2D eigenvalue weighted by Gasteiger charge is 2.15. The van der Waals surface area contributed by atoms with Crippen LogP contribution in [0.5, 0.6) is 0 Å². The van der Waals surface area contributed by atoms with Crippen LogP contribution in [0.25, 0.3) is 0 Å². The van der Waals surface area contributed by atoms with E-state index in [2.05, 4.69) is 0 Å². The molecule has 0 atom stereocenters. The summed E-state index contributed by atoms with van der Waals surface area (Å²) in [5.41, 5.74) is 5.80. The van der Waals surface area contributed by atoms with Crippen molar-refractivity contribution >= 4 is 17.3 Å². The molecule has 0 fully saturated rings. The highest BCUT2D eigenvalue weighted by Crippen LogP contribution is 2.26. The second-order valence-corrected chi connectivity index (χ2v) is 3.32. The van der Waals surface area contributed by atoms with Gasteiger partial charge in [-0.15, -0.1) is 0 Å². The molecule has 0 amide bonds. The molecular formula is C10H12F2N2O2. The number of carboxylic acids is 1. The van der Waals surface area contributed by atoms with Crippen molar-refractivity contribution < 1.29 is 18.7 Å². The summed E-state index contributed by atoms with van der Waals surface area (Å²) < 4.78 is 24.3. The van der Waals surface area contributed by atoms with Crippen LogP contribution in [0.2, 0.25) is 0 Å². The SMILES string of the molecule is CN(CC(F)F)c1cccc(C(=O)O)c1N. The number of nitrogens with two attached hydrogens (primary N) is 1. The first-order chi connectivity index (χ1) is 7.43. The highest BCUT2D eigenvalue weighted by molar-refractivity contribution is 5.97. The molecule has 0 aliphatic heterocycles. The van der Waals surface area contributed by atoms with Gasteiger partial charge in [0.15, 0.2) is 0 Å². The van der Waals surface area contributed by atoms with Crippen LogP contribution in [0.4, 0.5) is 20.2 Å². The summed E-state index contributed by atoms with van der Waals surface area (Å²) in [7, 11) is 1.43. The fourth-order valence-corrected chi connectivity index (χ4v) is 1.38. The van der Waals surface area contributed by atoms with Gasteiger partial charge in [0, 0.05) is 7.05 Å². The second-order valence-electron chi connectivity index (χ2n) is 3.32. The van der Waals surface area contributed by atoms with Gasteiger partial charge in [-0.25, -0.2) is 13.6 Å². The van der Waals surface area contributed by atoms with Crippen LogP contribution >= 0.6 is 0 Å². The number of nitrogen functional groups attached to an aromatic ring is 1. The summed E-state index contributed by atoms with van der Waals surface area (Å²) in [6, 6.07) is 4.30. The smallest absolute Gasteiger partial charge is 0.337 e. The Labute approximate surface area is 91.3 Å². The molecule has 0 bridgehead atoms. The molecule has 16 heavy (non-hydrogen) atoms. The molecular weight excluding hydrogens is 218 g/mol.